The fraction of sp³-hybridized carbons (Fsp3) is 0.368. The van der Waals surface area contributed by atoms with E-state index in [9.17, 15) is 0 Å². The van der Waals surface area contributed by atoms with Crippen molar-refractivity contribution in [2.45, 2.75) is 38.3 Å². The molecule has 0 bridgehead atoms. The molecule has 1 aliphatic heterocycles. The smallest absolute Gasteiger partial charge is 0.131 e. The van der Waals surface area contributed by atoms with Crippen molar-refractivity contribution in [2.75, 3.05) is 6.54 Å². The third-order valence-electron chi connectivity index (χ3n) is 4.89. The normalized spacial score (nSPS) is 17.4. The summed E-state index contributed by atoms with van der Waals surface area (Å²) in [4.78, 5) is 13.4. The van der Waals surface area contributed by atoms with Crippen LogP contribution >= 0.6 is 0 Å². The first-order chi connectivity index (χ1) is 12.3. The quantitative estimate of drug-likeness (QED) is 0.735. The minimum Gasteiger partial charge on any atom is -0.293 e. The summed E-state index contributed by atoms with van der Waals surface area (Å²) >= 11 is 0. The molecule has 2 aliphatic rings. The number of hydrogen-bond acceptors (Lipinski definition) is 5. The summed E-state index contributed by atoms with van der Waals surface area (Å²) in [5.41, 5.74) is 4.47. The van der Waals surface area contributed by atoms with Gasteiger partial charge in [-0.15, -0.1) is 0 Å². The summed E-state index contributed by atoms with van der Waals surface area (Å²) in [5.74, 6) is 1.68. The molecule has 3 heterocycles. The van der Waals surface area contributed by atoms with Gasteiger partial charge in [0.25, 0.3) is 0 Å². The van der Waals surface area contributed by atoms with E-state index in [1.54, 1.807) is 4.80 Å². The van der Waals surface area contributed by atoms with Gasteiger partial charge >= 0.3 is 0 Å². The number of aromatic nitrogens is 5. The van der Waals surface area contributed by atoms with Crippen molar-refractivity contribution < 1.29 is 0 Å². The molecule has 0 saturated heterocycles. The molecule has 126 valence electrons. The van der Waals surface area contributed by atoms with E-state index < -0.39 is 0 Å². The lowest BCUT2D eigenvalue weighted by Crippen LogP contribution is -2.31. The molecule has 1 aromatic carbocycles. The number of hydrogen-bond donors (Lipinski definition) is 0. The zero-order valence-electron chi connectivity index (χ0n) is 14.0. The predicted octanol–water partition coefficient (Wildman–Crippen LogP) is 2.49. The van der Waals surface area contributed by atoms with E-state index in [1.165, 1.54) is 24.1 Å². The summed E-state index contributed by atoms with van der Waals surface area (Å²) in [7, 11) is 0. The summed E-state index contributed by atoms with van der Waals surface area (Å²) in [6.45, 7) is 2.70. The van der Waals surface area contributed by atoms with Crippen molar-refractivity contribution in [1.29, 1.82) is 0 Å². The molecular formula is C19H20N6. The Hall–Kier alpha value is -2.60. The molecule has 1 fully saturated rings. The average Bonchev–Trinajstić information content (AvgIpc) is 3.41. The molecule has 6 nitrogen and oxygen atoms in total. The molecule has 0 N–H and O–H groups in total. The van der Waals surface area contributed by atoms with Crippen LogP contribution in [-0.2, 0) is 19.5 Å². The highest BCUT2D eigenvalue weighted by Gasteiger charge is 2.28. The van der Waals surface area contributed by atoms with Gasteiger partial charge in [-0.05, 0) is 25.0 Å². The van der Waals surface area contributed by atoms with Crippen LogP contribution in [0.15, 0.2) is 42.7 Å². The van der Waals surface area contributed by atoms with Gasteiger partial charge in [-0.2, -0.15) is 15.0 Å². The summed E-state index contributed by atoms with van der Waals surface area (Å²) < 4.78 is 0. The van der Waals surface area contributed by atoms with Crippen molar-refractivity contribution in [1.82, 2.24) is 29.9 Å². The minimum absolute atomic E-state index is 0.622. The maximum absolute atomic E-state index is 4.79. The Morgan fingerprint density at radius 3 is 2.80 bits per heavy atom. The number of fused-ring (bicyclic) bond motifs is 1. The van der Waals surface area contributed by atoms with Crippen LogP contribution in [-0.4, -0.2) is 36.4 Å². The van der Waals surface area contributed by atoms with E-state index in [4.69, 9.17) is 4.98 Å². The molecule has 0 spiro atoms. The van der Waals surface area contributed by atoms with Crippen molar-refractivity contribution in [2.24, 2.45) is 0 Å². The highest BCUT2D eigenvalue weighted by molar-refractivity contribution is 5.28. The lowest BCUT2D eigenvalue weighted by molar-refractivity contribution is 0.239. The third-order valence-corrected chi connectivity index (χ3v) is 4.89. The number of para-hydroxylation sites is 1. The average molecular weight is 332 g/mol. The number of benzene rings is 1. The fourth-order valence-corrected chi connectivity index (χ4v) is 3.35. The summed E-state index contributed by atoms with van der Waals surface area (Å²) in [6.07, 6.45) is 7.38. The van der Waals surface area contributed by atoms with Crippen LogP contribution in [0.2, 0.25) is 0 Å². The van der Waals surface area contributed by atoms with Crippen LogP contribution in [0.3, 0.4) is 0 Å². The van der Waals surface area contributed by atoms with Gasteiger partial charge in [0.1, 0.15) is 5.82 Å². The molecule has 25 heavy (non-hydrogen) atoms. The second-order valence-electron chi connectivity index (χ2n) is 6.90. The van der Waals surface area contributed by atoms with Crippen LogP contribution in [0.1, 0.15) is 41.5 Å². The summed E-state index contributed by atoms with van der Waals surface area (Å²) in [6, 6.07) is 10.0. The van der Waals surface area contributed by atoms with E-state index >= 15 is 0 Å². The Balaban J connectivity index is 1.29. The topological polar surface area (TPSA) is 59.7 Å². The predicted molar refractivity (Wildman–Crippen MR) is 93.2 cm³/mol. The van der Waals surface area contributed by atoms with E-state index in [-0.39, 0.29) is 0 Å². The van der Waals surface area contributed by atoms with E-state index in [2.05, 4.69) is 20.1 Å². The van der Waals surface area contributed by atoms with Gasteiger partial charge in [-0.1, -0.05) is 18.2 Å². The highest BCUT2D eigenvalue weighted by atomic mass is 15.5. The molecule has 1 saturated carbocycles. The van der Waals surface area contributed by atoms with Crippen molar-refractivity contribution in [3.63, 3.8) is 0 Å². The third kappa shape index (κ3) is 3.05. The Morgan fingerprint density at radius 1 is 1.08 bits per heavy atom. The zero-order valence-corrected chi connectivity index (χ0v) is 14.0. The van der Waals surface area contributed by atoms with Crippen molar-refractivity contribution >= 4 is 0 Å². The molecule has 0 radical (unpaired) electrons. The lowest BCUT2D eigenvalue weighted by atomic mass is 10.1. The highest BCUT2D eigenvalue weighted by Crippen LogP contribution is 2.38. The van der Waals surface area contributed by atoms with Crippen molar-refractivity contribution in [3.8, 4) is 5.69 Å². The summed E-state index contributed by atoms with van der Waals surface area (Å²) in [5, 5.41) is 9.00. The maximum Gasteiger partial charge on any atom is 0.131 e. The van der Waals surface area contributed by atoms with Gasteiger partial charge < -0.3 is 0 Å². The first-order valence-electron chi connectivity index (χ1n) is 8.89. The Bertz CT molecular complexity index is 884. The molecule has 0 amide bonds. The molecule has 5 rings (SSSR count). The first-order valence-corrected chi connectivity index (χ1v) is 8.89. The van der Waals surface area contributed by atoms with Gasteiger partial charge in [0, 0.05) is 49.4 Å². The van der Waals surface area contributed by atoms with Crippen LogP contribution in [0.25, 0.3) is 5.69 Å². The van der Waals surface area contributed by atoms with Crippen LogP contribution < -0.4 is 0 Å². The SMILES string of the molecule is c1ccc(-n2ncc(CN3CCc4nc(C5CC5)ncc4C3)n2)cc1. The van der Waals surface area contributed by atoms with Crippen LogP contribution in [0.5, 0.6) is 0 Å². The van der Waals surface area contributed by atoms with E-state index in [0.29, 0.717) is 5.92 Å². The van der Waals surface area contributed by atoms with E-state index in [1.807, 2.05) is 42.7 Å². The number of rotatable bonds is 4. The molecule has 3 aromatic rings. The largest absolute Gasteiger partial charge is 0.293 e. The Morgan fingerprint density at radius 2 is 1.96 bits per heavy atom. The lowest BCUT2D eigenvalue weighted by Gasteiger charge is -2.27. The Kier molecular flexibility index (Phi) is 3.56. The molecule has 0 unspecified atom stereocenters. The molecule has 0 atom stereocenters. The maximum atomic E-state index is 4.79. The fourth-order valence-electron chi connectivity index (χ4n) is 3.35. The van der Waals surface area contributed by atoms with Crippen LogP contribution in [0, 0.1) is 0 Å². The van der Waals surface area contributed by atoms with Crippen molar-refractivity contribution in [3.05, 3.63) is 65.5 Å². The Labute approximate surface area is 146 Å². The zero-order chi connectivity index (χ0) is 16.6. The second kappa shape index (κ2) is 6.04. The molecule has 1 aliphatic carbocycles. The monoisotopic (exact) mass is 332 g/mol. The number of nitrogens with zero attached hydrogens (tertiary/aromatic N) is 6. The standard InChI is InChI=1S/C19H20N6/c1-2-4-17(5-3-1)25-21-11-16(23-25)13-24-9-8-18-15(12-24)10-20-19(22-18)14-6-7-14/h1-5,10-11,14H,6-9,12-13H2. The molecule has 6 heteroatoms. The van der Waals surface area contributed by atoms with Gasteiger partial charge in [0.2, 0.25) is 0 Å². The minimum atomic E-state index is 0.622. The van der Waals surface area contributed by atoms with E-state index in [0.717, 1.165) is 43.3 Å². The van der Waals surface area contributed by atoms with Gasteiger partial charge in [-0.25, -0.2) is 9.97 Å². The van der Waals surface area contributed by atoms with Gasteiger partial charge in [-0.3, -0.25) is 4.90 Å². The van der Waals surface area contributed by atoms with Gasteiger partial charge in [0.05, 0.1) is 17.6 Å². The van der Waals surface area contributed by atoms with Gasteiger partial charge in [0.15, 0.2) is 0 Å². The van der Waals surface area contributed by atoms with Crippen LogP contribution in [0.4, 0.5) is 0 Å². The molecular weight excluding hydrogens is 312 g/mol. The molecule has 2 aromatic heterocycles. The second-order valence-corrected chi connectivity index (χ2v) is 6.90. The first kappa shape index (κ1) is 14.7.